The molecule has 0 radical (unpaired) electrons. The lowest BCUT2D eigenvalue weighted by Gasteiger charge is -2.34. The predicted molar refractivity (Wildman–Crippen MR) is 54.7 cm³/mol. The summed E-state index contributed by atoms with van der Waals surface area (Å²) in [4.78, 5) is 11.0. The minimum atomic E-state index is -1.15. The Hall–Kier alpha value is -1.43. The first kappa shape index (κ1) is 11.1. The Labute approximate surface area is 92.9 Å². The maximum atomic E-state index is 11.0. The van der Waals surface area contributed by atoms with Crippen LogP contribution < -0.4 is 0 Å². The molecular formula is C10H15N3O3. The number of rotatable bonds is 3. The van der Waals surface area contributed by atoms with Gasteiger partial charge in [-0.25, -0.2) is 9.48 Å². The van der Waals surface area contributed by atoms with Crippen LogP contribution in [0.15, 0.2) is 6.20 Å². The van der Waals surface area contributed by atoms with E-state index in [2.05, 4.69) is 10.3 Å². The molecule has 0 unspecified atom stereocenters. The Morgan fingerprint density at radius 3 is 2.62 bits per heavy atom. The Balaban J connectivity index is 2.29. The van der Waals surface area contributed by atoms with Crippen LogP contribution in [0.5, 0.6) is 0 Å². The van der Waals surface area contributed by atoms with E-state index < -0.39 is 17.1 Å². The number of aromatic nitrogens is 3. The van der Waals surface area contributed by atoms with Gasteiger partial charge >= 0.3 is 5.97 Å². The summed E-state index contributed by atoms with van der Waals surface area (Å²) in [7, 11) is 0. The quantitative estimate of drug-likeness (QED) is 0.780. The number of carboxylic acid groups (broad SMARTS) is 1. The van der Waals surface area contributed by atoms with E-state index in [-0.39, 0.29) is 0 Å². The van der Waals surface area contributed by atoms with E-state index in [0.29, 0.717) is 18.5 Å². The lowest BCUT2D eigenvalue weighted by atomic mass is 9.78. The molecular weight excluding hydrogens is 210 g/mol. The topological polar surface area (TPSA) is 88.2 Å². The average Bonchev–Trinajstić information content (AvgIpc) is 2.63. The minimum absolute atomic E-state index is 0.466. The summed E-state index contributed by atoms with van der Waals surface area (Å²) in [5.74, 6) is -0.982. The summed E-state index contributed by atoms with van der Waals surface area (Å²) >= 11 is 0. The standard InChI is InChI=1S/C10H15N3O3/c1-9(2,8(14)15)13-6-7(11-12-13)10(16)4-3-5-10/h6,16H,3-5H2,1-2H3,(H,14,15). The molecule has 0 atom stereocenters. The van der Waals surface area contributed by atoms with Crippen LogP contribution in [-0.2, 0) is 15.9 Å². The smallest absolute Gasteiger partial charge is 0.331 e. The third-order valence-corrected chi connectivity index (χ3v) is 3.25. The fourth-order valence-electron chi connectivity index (χ4n) is 1.62. The Bertz CT molecular complexity index is 421. The number of aliphatic hydroxyl groups is 1. The largest absolute Gasteiger partial charge is 0.479 e. The van der Waals surface area contributed by atoms with Crippen LogP contribution in [0.25, 0.3) is 0 Å². The maximum absolute atomic E-state index is 11.0. The lowest BCUT2D eigenvalue weighted by Crippen LogP contribution is -2.36. The number of nitrogens with zero attached hydrogens (tertiary/aromatic N) is 3. The minimum Gasteiger partial charge on any atom is -0.479 e. The van der Waals surface area contributed by atoms with Crippen molar-refractivity contribution >= 4 is 5.97 Å². The highest BCUT2D eigenvalue weighted by atomic mass is 16.4. The fourth-order valence-corrected chi connectivity index (χ4v) is 1.62. The highest BCUT2D eigenvalue weighted by Gasteiger charge is 2.40. The van der Waals surface area contributed by atoms with E-state index in [0.717, 1.165) is 6.42 Å². The molecule has 1 aliphatic carbocycles. The monoisotopic (exact) mass is 225 g/mol. The van der Waals surface area contributed by atoms with Crippen LogP contribution in [0.4, 0.5) is 0 Å². The van der Waals surface area contributed by atoms with Crippen LogP contribution in [-0.4, -0.2) is 31.2 Å². The van der Waals surface area contributed by atoms with Gasteiger partial charge in [-0.1, -0.05) is 5.21 Å². The summed E-state index contributed by atoms with van der Waals surface area (Å²) in [5.41, 5.74) is -1.58. The van der Waals surface area contributed by atoms with Crippen molar-refractivity contribution in [3.63, 3.8) is 0 Å². The fraction of sp³-hybridized carbons (Fsp3) is 0.700. The normalized spacial score (nSPS) is 19.2. The first-order chi connectivity index (χ1) is 7.36. The molecule has 0 spiro atoms. The molecule has 6 heteroatoms. The number of hydrogen-bond acceptors (Lipinski definition) is 4. The first-order valence-corrected chi connectivity index (χ1v) is 5.25. The van der Waals surface area contributed by atoms with Crippen LogP contribution in [0, 0.1) is 0 Å². The van der Waals surface area contributed by atoms with Crippen LogP contribution in [0.3, 0.4) is 0 Å². The first-order valence-electron chi connectivity index (χ1n) is 5.25. The average molecular weight is 225 g/mol. The summed E-state index contributed by atoms with van der Waals surface area (Å²) in [6.07, 6.45) is 3.82. The Morgan fingerprint density at radius 1 is 1.56 bits per heavy atom. The van der Waals surface area contributed by atoms with Gasteiger partial charge in [-0.15, -0.1) is 5.10 Å². The third-order valence-electron chi connectivity index (χ3n) is 3.25. The van der Waals surface area contributed by atoms with E-state index in [1.807, 2.05) is 0 Å². The molecule has 0 saturated heterocycles. The number of aliphatic carboxylic acids is 1. The molecule has 1 saturated carbocycles. The third kappa shape index (κ3) is 1.49. The number of carboxylic acids is 1. The molecule has 0 bridgehead atoms. The zero-order chi connectivity index (χ0) is 12.0. The van der Waals surface area contributed by atoms with Crippen molar-refractivity contribution in [1.29, 1.82) is 0 Å². The van der Waals surface area contributed by atoms with E-state index in [1.165, 1.54) is 10.9 Å². The van der Waals surface area contributed by atoms with Crippen molar-refractivity contribution in [2.24, 2.45) is 0 Å². The maximum Gasteiger partial charge on any atom is 0.331 e. The highest BCUT2D eigenvalue weighted by Crippen LogP contribution is 2.40. The molecule has 1 aliphatic rings. The molecule has 1 fully saturated rings. The molecule has 0 amide bonds. The van der Waals surface area contributed by atoms with Crippen molar-refractivity contribution < 1.29 is 15.0 Å². The van der Waals surface area contributed by atoms with Gasteiger partial charge in [0.1, 0.15) is 11.3 Å². The van der Waals surface area contributed by atoms with Crippen molar-refractivity contribution in [3.05, 3.63) is 11.9 Å². The van der Waals surface area contributed by atoms with Crippen LogP contribution in [0.2, 0.25) is 0 Å². The SMILES string of the molecule is CC(C)(C(=O)O)n1cc(C2(O)CCC2)nn1. The van der Waals surface area contributed by atoms with E-state index >= 15 is 0 Å². The van der Waals surface area contributed by atoms with Crippen LogP contribution in [0.1, 0.15) is 38.8 Å². The van der Waals surface area contributed by atoms with Gasteiger partial charge in [-0.3, -0.25) is 0 Å². The van der Waals surface area contributed by atoms with Gasteiger partial charge in [0.15, 0.2) is 5.54 Å². The molecule has 2 rings (SSSR count). The predicted octanol–water partition coefficient (Wildman–Crippen LogP) is 0.469. The van der Waals surface area contributed by atoms with Gasteiger partial charge in [-0.2, -0.15) is 0 Å². The van der Waals surface area contributed by atoms with Crippen LogP contribution >= 0.6 is 0 Å². The number of hydrogen-bond donors (Lipinski definition) is 2. The summed E-state index contributed by atoms with van der Waals surface area (Å²) < 4.78 is 1.28. The van der Waals surface area contributed by atoms with Gasteiger partial charge in [0.2, 0.25) is 0 Å². The zero-order valence-corrected chi connectivity index (χ0v) is 9.34. The second-order valence-electron chi connectivity index (χ2n) is 4.80. The molecule has 16 heavy (non-hydrogen) atoms. The van der Waals surface area contributed by atoms with E-state index in [9.17, 15) is 9.90 Å². The van der Waals surface area contributed by atoms with Gasteiger partial charge in [0.25, 0.3) is 0 Å². The van der Waals surface area contributed by atoms with Crippen molar-refractivity contribution in [2.75, 3.05) is 0 Å². The molecule has 1 aromatic heterocycles. The summed E-state index contributed by atoms with van der Waals surface area (Å²) in [6.45, 7) is 3.08. The zero-order valence-electron chi connectivity index (χ0n) is 9.34. The molecule has 0 aliphatic heterocycles. The summed E-state index contributed by atoms with van der Waals surface area (Å²) in [6, 6.07) is 0. The van der Waals surface area contributed by atoms with Crippen molar-refractivity contribution in [2.45, 2.75) is 44.2 Å². The van der Waals surface area contributed by atoms with E-state index in [1.54, 1.807) is 13.8 Å². The van der Waals surface area contributed by atoms with Gasteiger partial charge in [0, 0.05) is 0 Å². The Morgan fingerprint density at radius 2 is 2.19 bits per heavy atom. The highest BCUT2D eigenvalue weighted by molar-refractivity contribution is 5.75. The Kier molecular flexibility index (Phi) is 2.27. The van der Waals surface area contributed by atoms with Gasteiger partial charge < -0.3 is 10.2 Å². The van der Waals surface area contributed by atoms with Crippen molar-refractivity contribution in [3.8, 4) is 0 Å². The molecule has 88 valence electrons. The molecule has 6 nitrogen and oxygen atoms in total. The van der Waals surface area contributed by atoms with E-state index in [4.69, 9.17) is 5.11 Å². The summed E-state index contributed by atoms with van der Waals surface area (Å²) in [5, 5.41) is 26.7. The molecule has 1 heterocycles. The van der Waals surface area contributed by atoms with Crippen molar-refractivity contribution in [1.82, 2.24) is 15.0 Å². The molecule has 2 N–H and O–H groups in total. The number of carbonyl (C=O) groups is 1. The lowest BCUT2D eigenvalue weighted by molar-refractivity contribution is -0.146. The van der Waals surface area contributed by atoms with Gasteiger partial charge in [-0.05, 0) is 33.1 Å². The second kappa shape index (κ2) is 3.28. The molecule has 1 aromatic rings. The molecule has 0 aromatic carbocycles. The second-order valence-corrected chi connectivity index (χ2v) is 4.80. The van der Waals surface area contributed by atoms with Gasteiger partial charge in [0.05, 0.1) is 6.20 Å².